The summed E-state index contributed by atoms with van der Waals surface area (Å²) in [7, 11) is 0. The van der Waals surface area contributed by atoms with Gasteiger partial charge in [-0.3, -0.25) is 4.79 Å². The zero-order valence-corrected chi connectivity index (χ0v) is 21.8. The second-order valence-corrected chi connectivity index (χ2v) is 10.1. The predicted octanol–water partition coefficient (Wildman–Crippen LogP) is 8.56. The highest BCUT2D eigenvalue weighted by atomic mass is 35.5. The maximum absolute atomic E-state index is 13.9. The molecule has 2 aliphatic heterocycles. The van der Waals surface area contributed by atoms with Gasteiger partial charge in [-0.15, -0.1) is 0 Å². The first-order chi connectivity index (χ1) is 17.5. The SMILES string of the molecule is CC1=CSC2=NC(/C=C/c3cccc(Cl)c3)=C(C(=O)/C=C/c3cccc(Cl)c3)C(c3ccccc3)N12. The van der Waals surface area contributed by atoms with Crippen molar-refractivity contribution in [3.8, 4) is 0 Å². The lowest BCUT2D eigenvalue weighted by atomic mass is 9.90. The highest BCUT2D eigenvalue weighted by Crippen LogP contribution is 2.44. The number of thioether (sulfide) groups is 1. The lowest BCUT2D eigenvalue weighted by Gasteiger charge is -2.35. The molecule has 36 heavy (non-hydrogen) atoms. The zero-order valence-electron chi connectivity index (χ0n) is 19.4. The van der Waals surface area contributed by atoms with E-state index in [9.17, 15) is 4.79 Å². The number of fused-ring (bicyclic) bond motifs is 1. The fourth-order valence-corrected chi connectivity index (χ4v) is 5.53. The zero-order chi connectivity index (χ0) is 25.1. The van der Waals surface area contributed by atoms with Gasteiger partial charge >= 0.3 is 0 Å². The standard InChI is InChI=1S/C30H22Cl2N2OS/c1-20-19-36-30-33-26(15-13-21-7-5-11-24(31)17-21)28(29(34(20)30)23-9-3-2-4-10-23)27(35)16-14-22-8-6-12-25(32)18-22/h2-19,29H,1H3/b15-13+,16-14+. The number of hydrogen-bond donors (Lipinski definition) is 0. The average Bonchev–Trinajstić information content (AvgIpc) is 3.26. The number of nitrogens with zero attached hydrogens (tertiary/aromatic N) is 2. The monoisotopic (exact) mass is 528 g/mol. The largest absolute Gasteiger partial charge is 0.312 e. The van der Waals surface area contributed by atoms with Crippen LogP contribution in [0.3, 0.4) is 0 Å². The normalized spacial score (nSPS) is 17.5. The molecule has 6 heteroatoms. The maximum Gasteiger partial charge on any atom is 0.186 e. The van der Waals surface area contributed by atoms with Crippen LogP contribution in [0.15, 0.2) is 118 Å². The molecule has 0 N–H and O–H groups in total. The Balaban J connectivity index is 1.64. The minimum Gasteiger partial charge on any atom is -0.312 e. The molecule has 2 heterocycles. The number of rotatable bonds is 6. The Morgan fingerprint density at radius 3 is 2.22 bits per heavy atom. The van der Waals surface area contributed by atoms with Crippen molar-refractivity contribution in [2.24, 2.45) is 4.99 Å². The molecule has 0 bridgehead atoms. The highest BCUT2D eigenvalue weighted by molar-refractivity contribution is 8.16. The maximum atomic E-state index is 13.9. The quantitative estimate of drug-likeness (QED) is 0.300. The van der Waals surface area contributed by atoms with Gasteiger partial charge in [0.15, 0.2) is 11.0 Å². The Labute approximate surface area is 225 Å². The Kier molecular flexibility index (Phi) is 7.28. The summed E-state index contributed by atoms with van der Waals surface area (Å²) < 4.78 is 0. The minimum absolute atomic E-state index is 0.109. The first-order valence-corrected chi connectivity index (χ1v) is 13.1. The molecule has 2 aliphatic rings. The molecule has 0 radical (unpaired) electrons. The Morgan fingerprint density at radius 1 is 0.889 bits per heavy atom. The van der Waals surface area contributed by atoms with E-state index < -0.39 is 0 Å². The molecule has 1 atom stereocenters. The van der Waals surface area contributed by atoms with Gasteiger partial charge in [-0.2, -0.15) is 0 Å². The fourth-order valence-electron chi connectivity index (χ4n) is 4.23. The predicted molar refractivity (Wildman–Crippen MR) is 153 cm³/mol. The molecule has 0 aliphatic carbocycles. The second-order valence-electron chi connectivity index (χ2n) is 8.39. The smallest absolute Gasteiger partial charge is 0.186 e. The topological polar surface area (TPSA) is 32.7 Å². The number of halogens is 2. The van der Waals surface area contributed by atoms with Crippen molar-refractivity contribution in [1.82, 2.24) is 4.90 Å². The lowest BCUT2D eigenvalue weighted by molar-refractivity contribution is -0.111. The molecule has 0 saturated heterocycles. The molecule has 178 valence electrons. The first kappa shape index (κ1) is 24.4. The molecule has 0 spiro atoms. The van der Waals surface area contributed by atoms with E-state index in [0.29, 0.717) is 21.3 Å². The second kappa shape index (κ2) is 10.8. The number of carbonyl (C=O) groups is 1. The molecular weight excluding hydrogens is 507 g/mol. The van der Waals surface area contributed by atoms with Crippen molar-refractivity contribution in [3.05, 3.63) is 140 Å². The molecule has 0 fully saturated rings. The molecule has 0 saturated carbocycles. The third-order valence-electron chi connectivity index (χ3n) is 5.88. The van der Waals surface area contributed by atoms with Crippen LogP contribution in [0.5, 0.6) is 0 Å². The Hall–Kier alpha value is -3.31. The van der Waals surface area contributed by atoms with Crippen LogP contribution in [0.1, 0.15) is 29.7 Å². The summed E-state index contributed by atoms with van der Waals surface area (Å²) in [5.74, 6) is -0.109. The van der Waals surface area contributed by atoms with E-state index in [1.165, 1.54) is 0 Å². The van der Waals surface area contributed by atoms with Gasteiger partial charge in [0.25, 0.3) is 0 Å². The number of aliphatic imine (C=N–C) groups is 1. The van der Waals surface area contributed by atoms with E-state index in [0.717, 1.165) is 27.6 Å². The fraction of sp³-hybridized carbons (Fsp3) is 0.0667. The molecule has 1 unspecified atom stereocenters. The van der Waals surface area contributed by atoms with Crippen LogP contribution in [0.2, 0.25) is 10.0 Å². The van der Waals surface area contributed by atoms with Crippen molar-refractivity contribution < 1.29 is 4.79 Å². The van der Waals surface area contributed by atoms with Gasteiger partial charge in [0.1, 0.15) is 0 Å². The summed E-state index contributed by atoms with van der Waals surface area (Å²) in [5, 5.41) is 4.20. The van der Waals surface area contributed by atoms with Gasteiger partial charge in [0.2, 0.25) is 0 Å². The number of carbonyl (C=O) groups excluding carboxylic acids is 1. The number of benzene rings is 3. The molecule has 3 aromatic carbocycles. The van der Waals surface area contributed by atoms with Crippen molar-refractivity contribution in [2.45, 2.75) is 13.0 Å². The summed E-state index contributed by atoms with van der Waals surface area (Å²) in [6, 6.07) is 24.8. The van der Waals surface area contributed by atoms with Gasteiger partial charge in [0, 0.05) is 15.7 Å². The van der Waals surface area contributed by atoms with Crippen molar-refractivity contribution in [1.29, 1.82) is 0 Å². The van der Waals surface area contributed by atoms with E-state index in [-0.39, 0.29) is 11.8 Å². The summed E-state index contributed by atoms with van der Waals surface area (Å²) >= 11 is 13.9. The van der Waals surface area contributed by atoms with Crippen LogP contribution in [-0.2, 0) is 4.79 Å². The number of amidine groups is 1. The van der Waals surface area contributed by atoms with E-state index in [4.69, 9.17) is 28.2 Å². The van der Waals surface area contributed by atoms with E-state index in [1.807, 2.05) is 85.8 Å². The van der Waals surface area contributed by atoms with Crippen LogP contribution in [0, 0.1) is 0 Å². The number of ketones is 1. The van der Waals surface area contributed by atoms with Gasteiger partial charge < -0.3 is 4.90 Å². The third kappa shape index (κ3) is 5.26. The molecule has 3 nitrogen and oxygen atoms in total. The Bertz CT molecular complexity index is 1470. The molecule has 0 amide bonds. The van der Waals surface area contributed by atoms with E-state index in [2.05, 4.69) is 22.4 Å². The van der Waals surface area contributed by atoms with Gasteiger partial charge in [-0.05, 0) is 65.4 Å². The van der Waals surface area contributed by atoms with E-state index >= 15 is 0 Å². The summed E-state index contributed by atoms with van der Waals surface area (Å²) in [6.45, 7) is 2.04. The van der Waals surface area contributed by atoms with Gasteiger partial charge in [-0.1, -0.05) is 102 Å². The van der Waals surface area contributed by atoms with Crippen molar-refractivity contribution in [3.63, 3.8) is 0 Å². The van der Waals surface area contributed by atoms with Crippen LogP contribution < -0.4 is 0 Å². The van der Waals surface area contributed by atoms with Gasteiger partial charge in [-0.25, -0.2) is 4.99 Å². The average molecular weight is 529 g/mol. The van der Waals surface area contributed by atoms with Crippen molar-refractivity contribution >= 4 is 58.1 Å². The van der Waals surface area contributed by atoms with Crippen molar-refractivity contribution in [2.75, 3.05) is 0 Å². The molecular formula is C30H22Cl2N2OS. The van der Waals surface area contributed by atoms with E-state index in [1.54, 1.807) is 23.9 Å². The third-order valence-corrected chi connectivity index (χ3v) is 7.31. The number of allylic oxidation sites excluding steroid dienone is 3. The minimum atomic E-state index is -0.305. The van der Waals surface area contributed by atoms with Crippen LogP contribution in [0.4, 0.5) is 0 Å². The Morgan fingerprint density at radius 2 is 1.56 bits per heavy atom. The first-order valence-electron chi connectivity index (χ1n) is 11.4. The molecule has 0 aromatic heterocycles. The highest BCUT2D eigenvalue weighted by Gasteiger charge is 2.38. The van der Waals surface area contributed by atoms with Crippen LogP contribution in [-0.4, -0.2) is 15.9 Å². The van der Waals surface area contributed by atoms with Crippen LogP contribution >= 0.6 is 35.0 Å². The number of hydrogen-bond acceptors (Lipinski definition) is 4. The summed E-state index contributed by atoms with van der Waals surface area (Å²) in [5.41, 5.74) is 5.10. The summed E-state index contributed by atoms with van der Waals surface area (Å²) in [6.07, 6.45) is 7.24. The summed E-state index contributed by atoms with van der Waals surface area (Å²) in [4.78, 5) is 20.9. The molecule has 3 aromatic rings. The van der Waals surface area contributed by atoms with Crippen LogP contribution in [0.25, 0.3) is 12.2 Å². The lowest BCUT2D eigenvalue weighted by Crippen LogP contribution is -2.35. The van der Waals surface area contributed by atoms with Gasteiger partial charge in [0.05, 0.1) is 17.3 Å². The molecule has 5 rings (SSSR count).